The van der Waals surface area contributed by atoms with Gasteiger partial charge in [0.15, 0.2) is 0 Å². The average Bonchev–Trinajstić information content (AvgIpc) is 2.62. The maximum absolute atomic E-state index is 12.8. The van der Waals surface area contributed by atoms with Crippen LogP contribution in [0.3, 0.4) is 0 Å². The van der Waals surface area contributed by atoms with Gasteiger partial charge in [-0.15, -0.1) is 0 Å². The van der Waals surface area contributed by atoms with Crippen molar-refractivity contribution in [2.24, 2.45) is 5.92 Å². The summed E-state index contributed by atoms with van der Waals surface area (Å²) in [5.41, 5.74) is 1.48. The molecule has 0 aromatic heterocycles. The molecule has 3 rings (SSSR count). The molecule has 1 aliphatic rings. The van der Waals surface area contributed by atoms with E-state index >= 15 is 0 Å². The predicted octanol–water partition coefficient (Wildman–Crippen LogP) is 6.20. The summed E-state index contributed by atoms with van der Waals surface area (Å²) in [5, 5.41) is 0.591. The third kappa shape index (κ3) is 4.30. The fraction of sp³-hybridized carbons (Fsp3) is 0.350. The Bertz CT molecular complexity index is 668. The maximum atomic E-state index is 12.8. The Morgan fingerprint density at radius 3 is 2.42 bits per heavy atom. The number of anilines is 2. The molecule has 1 amide bonds. The number of carbonyl (C=O) groups excluding carboxylic acids is 1. The van der Waals surface area contributed by atoms with Gasteiger partial charge in [0, 0.05) is 5.02 Å². The predicted molar refractivity (Wildman–Crippen MR) is 98.0 cm³/mol. The molecule has 1 fully saturated rings. The molecule has 0 saturated heterocycles. The van der Waals surface area contributed by atoms with E-state index in [9.17, 15) is 4.79 Å². The Hall–Kier alpha value is -2.00. The third-order valence-electron chi connectivity index (χ3n) is 4.43. The van der Waals surface area contributed by atoms with E-state index in [-0.39, 0.29) is 6.09 Å². The van der Waals surface area contributed by atoms with Crippen molar-refractivity contribution >= 4 is 29.1 Å². The lowest BCUT2D eigenvalue weighted by molar-refractivity contribution is 0.124. The van der Waals surface area contributed by atoms with Gasteiger partial charge in [-0.05, 0) is 49.1 Å². The van der Waals surface area contributed by atoms with Crippen molar-refractivity contribution in [1.82, 2.24) is 0 Å². The van der Waals surface area contributed by atoms with Crippen molar-refractivity contribution in [2.45, 2.75) is 32.1 Å². The minimum absolute atomic E-state index is 0.353. The van der Waals surface area contributed by atoms with Crippen molar-refractivity contribution in [3.05, 3.63) is 59.6 Å². The van der Waals surface area contributed by atoms with Crippen molar-refractivity contribution in [2.75, 3.05) is 11.5 Å². The first-order chi connectivity index (χ1) is 11.7. The van der Waals surface area contributed by atoms with Crippen molar-refractivity contribution < 1.29 is 9.53 Å². The smallest absolute Gasteiger partial charge is 0.418 e. The van der Waals surface area contributed by atoms with Crippen LogP contribution in [0.1, 0.15) is 32.1 Å². The van der Waals surface area contributed by atoms with E-state index in [2.05, 4.69) is 0 Å². The second-order valence-corrected chi connectivity index (χ2v) is 6.67. The van der Waals surface area contributed by atoms with Crippen LogP contribution in [0.15, 0.2) is 54.6 Å². The molecular weight excluding hydrogens is 322 g/mol. The van der Waals surface area contributed by atoms with Crippen LogP contribution in [0.25, 0.3) is 0 Å². The highest BCUT2D eigenvalue weighted by Crippen LogP contribution is 2.29. The van der Waals surface area contributed by atoms with Crippen LogP contribution in [0.5, 0.6) is 0 Å². The van der Waals surface area contributed by atoms with Gasteiger partial charge < -0.3 is 4.74 Å². The number of rotatable bonds is 4. The van der Waals surface area contributed by atoms with Gasteiger partial charge in [-0.2, -0.15) is 0 Å². The van der Waals surface area contributed by atoms with E-state index in [4.69, 9.17) is 16.3 Å². The fourth-order valence-corrected chi connectivity index (χ4v) is 3.34. The summed E-state index contributed by atoms with van der Waals surface area (Å²) in [6.07, 6.45) is 5.71. The number of amides is 1. The zero-order valence-electron chi connectivity index (χ0n) is 13.7. The molecule has 1 saturated carbocycles. The van der Waals surface area contributed by atoms with Gasteiger partial charge in [0.1, 0.15) is 0 Å². The molecule has 0 aliphatic heterocycles. The third-order valence-corrected chi connectivity index (χ3v) is 4.67. The Morgan fingerprint density at radius 1 is 1.00 bits per heavy atom. The Labute approximate surface area is 148 Å². The van der Waals surface area contributed by atoms with Crippen LogP contribution in [-0.4, -0.2) is 12.7 Å². The van der Waals surface area contributed by atoms with E-state index in [1.54, 1.807) is 17.0 Å². The first kappa shape index (κ1) is 16.8. The molecule has 0 heterocycles. The number of ether oxygens (including phenoxy) is 1. The quantitative estimate of drug-likeness (QED) is 0.661. The molecule has 0 N–H and O–H groups in total. The van der Waals surface area contributed by atoms with Crippen molar-refractivity contribution in [3.8, 4) is 0 Å². The van der Waals surface area contributed by atoms with Gasteiger partial charge in [-0.1, -0.05) is 55.1 Å². The number of halogens is 1. The van der Waals surface area contributed by atoms with Crippen LogP contribution in [0.2, 0.25) is 5.02 Å². The number of benzene rings is 2. The summed E-state index contributed by atoms with van der Waals surface area (Å²) in [4.78, 5) is 14.3. The maximum Gasteiger partial charge on any atom is 0.418 e. The topological polar surface area (TPSA) is 29.5 Å². The second-order valence-electron chi connectivity index (χ2n) is 6.23. The molecular formula is C20H22ClNO2. The minimum atomic E-state index is -0.353. The molecule has 3 nitrogen and oxygen atoms in total. The Kier molecular flexibility index (Phi) is 5.76. The monoisotopic (exact) mass is 343 g/mol. The van der Waals surface area contributed by atoms with Gasteiger partial charge in [-0.3, -0.25) is 0 Å². The zero-order valence-corrected chi connectivity index (χ0v) is 14.4. The van der Waals surface area contributed by atoms with E-state index in [0.717, 1.165) is 18.5 Å². The van der Waals surface area contributed by atoms with E-state index in [1.165, 1.54) is 19.3 Å². The minimum Gasteiger partial charge on any atom is -0.449 e. The number of para-hydroxylation sites is 1. The highest BCUT2D eigenvalue weighted by atomic mass is 35.5. The van der Waals surface area contributed by atoms with Gasteiger partial charge in [-0.25, -0.2) is 9.69 Å². The normalized spacial score (nSPS) is 15.0. The molecule has 24 heavy (non-hydrogen) atoms. The summed E-state index contributed by atoms with van der Waals surface area (Å²) in [5.74, 6) is 0.486. The number of carbonyl (C=O) groups is 1. The van der Waals surface area contributed by atoms with Crippen LogP contribution < -0.4 is 4.90 Å². The second kappa shape index (κ2) is 8.20. The van der Waals surface area contributed by atoms with E-state index in [1.807, 2.05) is 42.5 Å². The standard InChI is InChI=1S/C20H22ClNO2/c21-17-10-7-13-19(14-17)22(18-11-5-2-6-12-18)20(23)24-15-16-8-3-1-4-9-16/h2,5-7,10-14,16H,1,3-4,8-9,15H2. The molecule has 0 radical (unpaired) electrons. The lowest BCUT2D eigenvalue weighted by Gasteiger charge is -2.25. The largest absolute Gasteiger partial charge is 0.449 e. The molecule has 2 aromatic carbocycles. The molecule has 2 aromatic rings. The number of nitrogens with zero attached hydrogens (tertiary/aromatic N) is 1. The van der Waals surface area contributed by atoms with E-state index in [0.29, 0.717) is 23.2 Å². The highest BCUT2D eigenvalue weighted by Gasteiger charge is 2.22. The SMILES string of the molecule is O=C(OCC1CCCCC1)N(c1ccccc1)c1cccc(Cl)c1. The van der Waals surface area contributed by atoms with Gasteiger partial charge in [0.2, 0.25) is 0 Å². The zero-order chi connectivity index (χ0) is 16.8. The highest BCUT2D eigenvalue weighted by molar-refractivity contribution is 6.31. The lowest BCUT2D eigenvalue weighted by Crippen LogP contribution is -2.29. The van der Waals surface area contributed by atoms with Crippen LogP contribution in [-0.2, 0) is 4.74 Å². The summed E-state index contributed by atoms with van der Waals surface area (Å²) in [6, 6.07) is 16.8. The molecule has 0 spiro atoms. The van der Waals surface area contributed by atoms with Crippen LogP contribution in [0, 0.1) is 5.92 Å². The van der Waals surface area contributed by atoms with Gasteiger partial charge >= 0.3 is 6.09 Å². The summed E-state index contributed by atoms with van der Waals surface area (Å²) < 4.78 is 5.64. The molecule has 126 valence electrons. The van der Waals surface area contributed by atoms with Gasteiger partial charge in [0.25, 0.3) is 0 Å². The lowest BCUT2D eigenvalue weighted by atomic mass is 9.90. The summed E-state index contributed by atoms with van der Waals surface area (Å²) >= 11 is 6.10. The molecule has 4 heteroatoms. The number of hydrogen-bond acceptors (Lipinski definition) is 2. The first-order valence-corrected chi connectivity index (χ1v) is 8.89. The molecule has 1 aliphatic carbocycles. The fourth-order valence-electron chi connectivity index (χ4n) is 3.16. The molecule has 0 unspecified atom stereocenters. The summed E-state index contributed by atoms with van der Waals surface area (Å²) in [6.45, 7) is 0.489. The Balaban J connectivity index is 1.77. The number of hydrogen-bond donors (Lipinski definition) is 0. The summed E-state index contributed by atoms with van der Waals surface area (Å²) in [7, 11) is 0. The van der Waals surface area contributed by atoms with Crippen molar-refractivity contribution in [3.63, 3.8) is 0 Å². The van der Waals surface area contributed by atoms with Crippen LogP contribution >= 0.6 is 11.6 Å². The molecule has 0 atom stereocenters. The molecule has 0 bridgehead atoms. The van der Waals surface area contributed by atoms with Crippen LogP contribution in [0.4, 0.5) is 16.2 Å². The average molecular weight is 344 g/mol. The first-order valence-electron chi connectivity index (χ1n) is 8.51. The van der Waals surface area contributed by atoms with Crippen molar-refractivity contribution in [1.29, 1.82) is 0 Å². The van der Waals surface area contributed by atoms with Gasteiger partial charge in [0.05, 0.1) is 18.0 Å². The van der Waals surface area contributed by atoms with E-state index < -0.39 is 0 Å². The Morgan fingerprint density at radius 2 is 1.71 bits per heavy atom.